The topological polar surface area (TPSA) is 68.1 Å². The van der Waals surface area contributed by atoms with Gasteiger partial charge in [0.2, 0.25) is 0 Å². The maximum Gasteiger partial charge on any atom is 0.261 e. The largest absolute Gasteiger partial charge is 0.261 e. The summed E-state index contributed by atoms with van der Waals surface area (Å²) in [7, 11) is -3.75. The van der Waals surface area contributed by atoms with E-state index in [4.69, 9.17) is 0 Å². The van der Waals surface area contributed by atoms with Gasteiger partial charge in [0.15, 0.2) is 5.03 Å². The molecule has 146 valence electrons. The van der Waals surface area contributed by atoms with Crippen molar-refractivity contribution in [2.45, 2.75) is 18.1 Å². The third-order valence-electron chi connectivity index (χ3n) is 4.51. The molecule has 0 fully saturated rings. The summed E-state index contributed by atoms with van der Waals surface area (Å²) >= 11 is 0. The zero-order valence-electron chi connectivity index (χ0n) is 15.7. The molecule has 2 aromatic heterocycles. The molecule has 0 unspecified atom stereocenters. The van der Waals surface area contributed by atoms with E-state index in [1.165, 1.54) is 16.6 Å². The highest BCUT2D eigenvalue weighted by atomic mass is 32.2. The van der Waals surface area contributed by atoms with Gasteiger partial charge in [-0.3, -0.25) is 0 Å². The zero-order chi connectivity index (χ0) is 20.1. The van der Waals surface area contributed by atoms with E-state index >= 15 is 0 Å². The third kappa shape index (κ3) is 4.42. The van der Waals surface area contributed by atoms with E-state index in [1.807, 2.05) is 66.9 Å². The Morgan fingerprint density at radius 1 is 0.759 bits per heavy atom. The highest BCUT2D eigenvalue weighted by Gasteiger charge is 2.26. The summed E-state index contributed by atoms with van der Waals surface area (Å²) in [6, 6.07) is 24.0. The number of benzene rings is 2. The van der Waals surface area contributed by atoms with Crippen LogP contribution in [0.4, 0.5) is 0 Å². The van der Waals surface area contributed by atoms with Crippen molar-refractivity contribution in [2.75, 3.05) is 0 Å². The molecule has 0 radical (unpaired) electrons. The first kappa shape index (κ1) is 19.0. The molecule has 0 aliphatic carbocycles. The van der Waals surface area contributed by atoms with Gasteiger partial charge in [-0.25, -0.2) is 18.1 Å². The molecule has 7 heteroatoms. The summed E-state index contributed by atoms with van der Waals surface area (Å²) < 4.78 is 29.7. The number of hydrogen-bond donors (Lipinski definition) is 0. The quantitative estimate of drug-likeness (QED) is 0.471. The van der Waals surface area contributed by atoms with E-state index in [0.717, 1.165) is 16.8 Å². The van der Waals surface area contributed by atoms with Crippen molar-refractivity contribution in [1.29, 1.82) is 0 Å². The lowest BCUT2D eigenvalue weighted by Gasteiger charge is -2.22. The molecule has 2 aromatic carbocycles. The van der Waals surface area contributed by atoms with Crippen molar-refractivity contribution in [2.24, 2.45) is 0 Å². The highest BCUT2D eigenvalue weighted by Crippen LogP contribution is 2.20. The molecule has 0 saturated carbocycles. The van der Waals surface area contributed by atoms with Crippen LogP contribution >= 0.6 is 0 Å². The van der Waals surface area contributed by atoms with Gasteiger partial charge in [0, 0.05) is 31.7 Å². The molecule has 0 atom stereocenters. The first-order valence-electron chi connectivity index (χ1n) is 9.17. The zero-order valence-corrected chi connectivity index (χ0v) is 16.5. The van der Waals surface area contributed by atoms with Gasteiger partial charge < -0.3 is 0 Å². The number of aromatic nitrogens is 3. The van der Waals surface area contributed by atoms with Crippen molar-refractivity contribution >= 4 is 10.0 Å². The van der Waals surface area contributed by atoms with Gasteiger partial charge in [-0.2, -0.15) is 9.40 Å². The predicted molar refractivity (Wildman–Crippen MR) is 111 cm³/mol. The number of hydrogen-bond acceptors (Lipinski definition) is 4. The molecule has 0 saturated heterocycles. The van der Waals surface area contributed by atoms with Crippen molar-refractivity contribution in [3.05, 3.63) is 109 Å². The Bertz CT molecular complexity index is 1140. The summed E-state index contributed by atoms with van der Waals surface area (Å²) in [5.41, 5.74) is 2.72. The van der Waals surface area contributed by atoms with Gasteiger partial charge >= 0.3 is 0 Å². The van der Waals surface area contributed by atoms with Crippen molar-refractivity contribution in [3.63, 3.8) is 0 Å². The molecule has 0 spiro atoms. The van der Waals surface area contributed by atoms with Crippen LogP contribution in [0.3, 0.4) is 0 Å². The second kappa shape index (κ2) is 8.38. The van der Waals surface area contributed by atoms with Crippen molar-refractivity contribution in [1.82, 2.24) is 19.1 Å². The molecular weight excluding hydrogens is 384 g/mol. The van der Waals surface area contributed by atoms with Crippen LogP contribution < -0.4 is 0 Å². The van der Waals surface area contributed by atoms with Gasteiger partial charge in [0.25, 0.3) is 10.0 Å². The Hall–Kier alpha value is -3.29. The molecule has 0 aliphatic heterocycles. The first-order valence-corrected chi connectivity index (χ1v) is 10.6. The normalized spacial score (nSPS) is 11.6. The van der Waals surface area contributed by atoms with E-state index < -0.39 is 10.0 Å². The number of nitrogens with zero attached hydrogens (tertiary/aromatic N) is 4. The first-order chi connectivity index (χ1) is 14.1. The minimum atomic E-state index is -3.75. The van der Waals surface area contributed by atoms with Crippen LogP contribution in [0.25, 0.3) is 5.69 Å². The van der Waals surface area contributed by atoms with E-state index in [9.17, 15) is 8.42 Å². The maximum atomic E-state index is 13.2. The molecule has 0 amide bonds. The SMILES string of the molecule is O=S(=O)(c1ccccn1)N(Cc1ccccc1)Cc1ccc(-n2cccn2)cc1. The lowest BCUT2D eigenvalue weighted by atomic mass is 10.2. The smallest absolute Gasteiger partial charge is 0.243 e. The molecule has 0 aliphatic rings. The Balaban J connectivity index is 1.63. The highest BCUT2D eigenvalue weighted by molar-refractivity contribution is 7.89. The number of sulfonamides is 1. The van der Waals surface area contributed by atoms with Crippen LogP contribution in [-0.4, -0.2) is 27.5 Å². The summed E-state index contributed by atoms with van der Waals surface area (Å²) in [5.74, 6) is 0. The Morgan fingerprint density at radius 2 is 1.45 bits per heavy atom. The minimum absolute atomic E-state index is 0.0455. The lowest BCUT2D eigenvalue weighted by molar-refractivity contribution is 0.399. The second-order valence-corrected chi connectivity index (χ2v) is 8.43. The van der Waals surface area contributed by atoms with Crippen LogP contribution in [0.1, 0.15) is 11.1 Å². The average Bonchev–Trinajstić information content (AvgIpc) is 3.30. The summed E-state index contributed by atoms with van der Waals surface area (Å²) in [6.45, 7) is 0.508. The second-order valence-electron chi connectivity index (χ2n) is 6.54. The third-order valence-corrected chi connectivity index (χ3v) is 6.22. The fourth-order valence-electron chi connectivity index (χ4n) is 3.02. The van der Waals surface area contributed by atoms with E-state index in [-0.39, 0.29) is 18.1 Å². The van der Waals surface area contributed by atoms with Crippen molar-refractivity contribution in [3.8, 4) is 5.69 Å². The fraction of sp³-hybridized carbons (Fsp3) is 0.0909. The van der Waals surface area contributed by atoms with E-state index in [2.05, 4.69) is 10.1 Å². The fourth-order valence-corrected chi connectivity index (χ4v) is 4.37. The van der Waals surface area contributed by atoms with Gasteiger partial charge in [-0.05, 0) is 41.5 Å². The van der Waals surface area contributed by atoms with Gasteiger partial charge in [0.05, 0.1) is 5.69 Å². The molecule has 29 heavy (non-hydrogen) atoms. The average molecular weight is 404 g/mol. The van der Waals surface area contributed by atoms with E-state index in [0.29, 0.717) is 0 Å². The van der Waals surface area contributed by atoms with E-state index in [1.54, 1.807) is 23.0 Å². The van der Waals surface area contributed by atoms with Gasteiger partial charge in [-0.1, -0.05) is 48.5 Å². The van der Waals surface area contributed by atoms with Gasteiger partial charge in [-0.15, -0.1) is 0 Å². The van der Waals surface area contributed by atoms with Crippen LogP contribution in [0.15, 0.2) is 102 Å². The summed E-state index contributed by atoms with van der Waals surface area (Å²) in [6.07, 6.45) is 5.07. The summed E-state index contributed by atoms with van der Waals surface area (Å²) in [5, 5.41) is 4.26. The molecular formula is C22H20N4O2S. The Labute approximate surface area is 170 Å². The lowest BCUT2D eigenvalue weighted by Crippen LogP contribution is -2.30. The number of pyridine rings is 1. The molecule has 4 aromatic rings. The molecule has 4 rings (SSSR count). The molecule has 0 N–H and O–H groups in total. The number of rotatable bonds is 7. The Morgan fingerprint density at radius 3 is 2.07 bits per heavy atom. The predicted octanol–water partition coefficient (Wildman–Crippen LogP) is 3.66. The van der Waals surface area contributed by atoms with Crippen molar-refractivity contribution < 1.29 is 8.42 Å². The summed E-state index contributed by atoms with van der Waals surface area (Å²) in [4.78, 5) is 4.06. The van der Waals surface area contributed by atoms with Crippen LogP contribution in [0.2, 0.25) is 0 Å². The molecule has 0 bridgehead atoms. The van der Waals surface area contributed by atoms with Crippen LogP contribution in [0, 0.1) is 0 Å². The molecule has 2 heterocycles. The standard InChI is InChI=1S/C22H20N4O2S/c27-29(28,22-9-4-5-14-23-22)25(17-19-7-2-1-3-8-19)18-20-10-12-21(13-11-20)26-16-6-15-24-26/h1-16H,17-18H2. The van der Waals surface area contributed by atoms with Gasteiger partial charge in [0.1, 0.15) is 0 Å². The van der Waals surface area contributed by atoms with Crippen LogP contribution in [0.5, 0.6) is 0 Å². The molecule has 6 nitrogen and oxygen atoms in total. The monoisotopic (exact) mass is 404 g/mol. The minimum Gasteiger partial charge on any atom is -0.243 e. The van der Waals surface area contributed by atoms with Crippen LogP contribution in [-0.2, 0) is 23.1 Å². The maximum absolute atomic E-state index is 13.2. The Kier molecular flexibility index (Phi) is 5.50.